The minimum atomic E-state index is -0.318. The summed E-state index contributed by atoms with van der Waals surface area (Å²) < 4.78 is 11.1. The molecule has 0 radical (unpaired) electrons. The zero-order chi connectivity index (χ0) is 16.6. The summed E-state index contributed by atoms with van der Waals surface area (Å²) in [6.07, 6.45) is 3.82. The second kappa shape index (κ2) is 6.50. The van der Waals surface area contributed by atoms with E-state index in [9.17, 15) is 4.79 Å². The van der Waals surface area contributed by atoms with Crippen LogP contribution in [0.15, 0.2) is 6.20 Å². The van der Waals surface area contributed by atoms with Gasteiger partial charge in [-0.05, 0) is 19.4 Å². The van der Waals surface area contributed by atoms with E-state index in [2.05, 4.69) is 14.8 Å². The van der Waals surface area contributed by atoms with Crippen molar-refractivity contribution in [2.75, 3.05) is 57.9 Å². The highest BCUT2D eigenvalue weighted by molar-refractivity contribution is 7.15. The number of nitrogens with zero attached hydrogens (tertiary/aromatic N) is 4. The first kappa shape index (κ1) is 16.1. The van der Waals surface area contributed by atoms with Crippen molar-refractivity contribution in [3.63, 3.8) is 0 Å². The minimum absolute atomic E-state index is 0.191. The average molecular weight is 352 g/mol. The number of aromatic nitrogens is 1. The molecule has 7 nitrogen and oxygen atoms in total. The molecule has 0 N–H and O–H groups in total. The lowest BCUT2D eigenvalue weighted by Crippen LogP contribution is -2.50. The van der Waals surface area contributed by atoms with Crippen LogP contribution < -0.4 is 4.90 Å². The molecule has 132 valence electrons. The third-order valence-electron chi connectivity index (χ3n) is 4.96. The Morgan fingerprint density at radius 2 is 2.12 bits per heavy atom. The number of anilines is 1. The lowest BCUT2D eigenvalue weighted by Gasteiger charge is -2.38. The number of hydrogen-bond acceptors (Lipinski definition) is 7. The van der Waals surface area contributed by atoms with Crippen molar-refractivity contribution >= 4 is 22.6 Å². The van der Waals surface area contributed by atoms with Crippen LogP contribution in [0, 0.1) is 0 Å². The topological polar surface area (TPSA) is 58.1 Å². The van der Waals surface area contributed by atoms with Crippen LogP contribution in [0.3, 0.4) is 0 Å². The summed E-state index contributed by atoms with van der Waals surface area (Å²) >= 11 is 1.76. The number of carbonyl (C=O) groups is 1. The van der Waals surface area contributed by atoms with E-state index in [1.54, 1.807) is 16.2 Å². The number of hydrogen-bond donors (Lipinski definition) is 0. The number of piperidine rings is 1. The van der Waals surface area contributed by atoms with Gasteiger partial charge in [0.2, 0.25) is 0 Å². The molecule has 0 aromatic carbocycles. The van der Waals surface area contributed by atoms with Gasteiger partial charge >= 0.3 is 6.09 Å². The van der Waals surface area contributed by atoms with Crippen LogP contribution >= 0.6 is 11.3 Å². The normalized spacial score (nSPS) is 28.6. The van der Waals surface area contributed by atoms with E-state index < -0.39 is 0 Å². The highest BCUT2D eigenvalue weighted by Gasteiger charge is 2.46. The predicted octanol–water partition coefficient (Wildman–Crippen LogP) is 1.40. The first-order valence-corrected chi connectivity index (χ1v) is 9.39. The number of thiazole rings is 1. The molecule has 0 unspecified atom stereocenters. The molecule has 4 rings (SSSR count). The Morgan fingerprint density at radius 1 is 1.29 bits per heavy atom. The fraction of sp³-hybridized carbons (Fsp3) is 0.750. The molecule has 1 spiro atoms. The number of likely N-dealkylation sites (N-methyl/N-ethyl adjacent to an activating group) is 1. The van der Waals surface area contributed by atoms with Crippen molar-refractivity contribution < 1.29 is 14.3 Å². The molecule has 3 aliphatic heterocycles. The Labute approximate surface area is 146 Å². The number of amides is 1. The maximum absolute atomic E-state index is 11.8. The van der Waals surface area contributed by atoms with Gasteiger partial charge in [0.05, 0.1) is 19.8 Å². The maximum Gasteiger partial charge on any atom is 0.410 e. The molecule has 1 amide bonds. The van der Waals surface area contributed by atoms with Crippen molar-refractivity contribution in [3.05, 3.63) is 11.1 Å². The van der Waals surface area contributed by atoms with Gasteiger partial charge in [-0.15, -0.1) is 11.3 Å². The molecule has 1 aromatic heterocycles. The molecule has 3 aliphatic rings. The van der Waals surface area contributed by atoms with E-state index in [-0.39, 0.29) is 11.7 Å². The van der Waals surface area contributed by atoms with Crippen molar-refractivity contribution in [1.29, 1.82) is 0 Å². The first-order chi connectivity index (χ1) is 11.6. The van der Waals surface area contributed by atoms with Gasteiger partial charge in [0, 0.05) is 44.3 Å². The SMILES string of the molecule is CN1C[C@@]2(CCCN(Cc3cnc(N4CCOCC4)s3)C2)OC1=O. The second-order valence-electron chi connectivity index (χ2n) is 6.93. The fourth-order valence-corrected chi connectivity index (χ4v) is 4.83. The summed E-state index contributed by atoms with van der Waals surface area (Å²) in [6, 6.07) is 0. The lowest BCUT2D eigenvalue weighted by atomic mass is 9.93. The largest absolute Gasteiger partial charge is 0.440 e. The van der Waals surface area contributed by atoms with Crippen molar-refractivity contribution in [2.45, 2.75) is 25.0 Å². The minimum Gasteiger partial charge on any atom is -0.440 e. The quantitative estimate of drug-likeness (QED) is 0.820. The molecular weight excluding hydrogens is 328 g/mol. The van der Waals surface area contributed by atoms with Gasteiger partial charge in [-0.25, -0.2) is 9.78 Å². The number of rotatable bonds is 3. The molecule has 0 saturated carbocycles. The molecule has 3 fully saturated rings. The lowest BCUT2D eigenvalue weighted by molar-refractivity contribution is -0.0110. The van der Waals surface area contributed by atoms with Crippen LogP contribution in [-0.4, -0.2) is 79.5 Å². The van der Waals surface area contributed by atoms with Crippen molar-refractivity contribution in [2.24, 2.45) is 0 Å². The Kier molecular flexibility index (Phi) is 4.36. The second-order valence-corrected chi connectivity index (χ2v) is 8.02. The van der Waals surface area contributed by atoms with E-state index in [0.29, 0.717) is 6.54 Å². The molecule has 4 heterocycles. The van der Waals surface area contributed by atoms with Gasteiger partial charge in [0.15, 0.2) is 5.13 Å². The summed E-state index contributed by atoms with van der Waals surface area (Å²) in [7, 11) is 1.81. The van der Waals surface area contributed by atoms with Crippen LogP contribution in [-0.2, 0) is 16.0 Å². The molecule has 24 heavy (non-hydrogen) atoms. The number of carbonyl (C=O) groups excluding carboxylic acids is 1. The number of likely N-dealkylation sites (tertiary alicyclic amines) is 1. The summed E-state index contributed by atoms with van der Waals surface area (Å²) in [5, 5.41) is 1.09. The van der Waals surface area contributed by atoms with E-state index in [4.69, 9.17) is 9.47 Å². The highest BCUT2D eigenvalue weighted by atomic mass is 32.1. The third-order valence-corrected chi connectivity index (χ3v) is 6.00. The molecule has 8 heteroatoms. The standard InChI is InChI=1S/C16H24N4O3S/c1-18-11-16(23-15(18)21)3-2-4-19(12-16)10-13-9-17-14(24-13)20-5-7-22-8-6-20/h9H,2-8,10-12H2,1H3/t16-/m1/s1. The number of morpholine rings is 1. The van der Waals surface area contributed by atoms with Gasteiger partial charge < -0.3 is 19.3 Å². The zero-order valence-electron chi connectivity index (χ0n) is 14.1. The Balaban J connectivity index is 1.38. The molecule has 0 bridgehead atoms. The van der Waals surface area contributed by atoms with Crippen molar-refractivity contribution in [1.82, 2.24) is 14.8 Å². The molecule has 1 atom stereocenters. The fourth-order valence-electron chi connectivity index (χ4n) is 3.82. The van der Waals surface area contributed by atoms with Crippen LogP contribution in [0.2, 0.25) is 0 Å². The average Bonchev–Trinajstić information content (AvgIpc) is 3.14. The smallest absolute Gasteiger partial charge is 0.410 e. The summed E-state index contributed by atoms with van der Waals surface area (Å²) in [4.78, 5) is 24.0. The van der Waals surface area contributed by atoms with E-state index in [1.807, 2.05) is 13.2 Å². The molecule has 1 aromatic rings. The first-order valence-electron chi connectivity index (χ1n) is 8.57. The van der Waals surface area contributed by atoms with Crippen LogP contribution in [0.1, 0.15) is 17.7 Å². The van der Waals surface area contributed by atoms with E-state index in [1.165, 1.54) is 4.88 Å². The van der Waals surface area contributed by atoms with Gasteiger partial charge in [0.25, 0.3) is 0 Å². The van der Waals surface area contributed by atoms with Gasteiger partial charge in [-0.3, -0.25) is 4.90 Å². The molecule has 3 saturated heterocycles. The molecule has 0 aliphatic carbocycles. The Morgan fingerprint density at radius 3 is 2.88 bits per heavy atom. The Bertz CT molecular complexity index is 604. The van der Waals surface area contributed by atoms with Gasteiger partial charge in [-0.2, -0.15) is 0 Å². The van der Waals surface area contributed by atoms with Crippen LogP contribution in [0.5, 0.6) is 0 Å². The number of ether oxygens (including phenoxy) is 2. The Hall–Kier alpha value is -1.38. The maximum atomic E-state index is 11.8. The highest BCUT2D eigenvalue weighted by Crippen LogP contribution is 2.33. The van der Waals surface area contributed by atoms with E-state index in [0.717, 1.165) is 63.9 Å². The van der Waals surface area contributed by atoms with Crippen molar-refractivity contribution in [3.8, 4) is 0 Å². The van der Waals surface area contributed by atoms with Crippen LogP contribution in [0.4, 0.5) is 9.93 Å². The monoisotopic (exact) mass is 352 g/mol. The zero-order valence-corrected chi connectivity index (χ0v) is 14.9. The summed E-state index contributed by atoms with van der Waals surface area (Å²) in [5.74, 6) is 0. The third kappa shape index (κ3) is 3.22. The van der Waals surface area contributed by atoms with Gasteiger partial charge in [-0.1, -0.05) is 0 Å². The van der Waals surface area contributed by atoms with Gasteiger partial charge in [0.1, 0.15) is 5.60 Å². The molecular formula is C16H24N4O3S. The van der Waals surface area contributed by atoms with Crippen LogP contribution in [0.25, 0.3) is 0 Å². The summed E-state index contributed by atoms with van der Waals surface area (Å²) in [5.41, 5.74) is -0.318. The van der Waals surface area contributed by atoms with E-state index >= 15 is 0 Å². The predicted molar refractivity (Wildman–Crippen MR) is 91.5 cm³/mol. The summed E-state index contributed by atoms with van der Waals surface area (Å²) in [6.45, 7) is 6.84.